The summed E-state index contributed by atoms with van der Waals surface area (Å²) in [5.41, 5.74) is 9.17. The second kappa shape index (κ2) is 10.1. The standard InChI is InChI=1S/C35H23N3S/c1-4-13-24(14-5-1)30-23-31(25-15-6-2-7-16-25)37-34(36-30)29-20-11-10-19-27(29)28-21-12-22-32-33(28)38-35(39-32)26-17-8-3-9-18-26/h1-23H. The van der Waals surface area contributed by atoms with Crippen LogP contribution in [-0.2, 0) is 0 Å². The number of fused-ring (bicyclic) bond motifs is 1. The van der Waals surface area contributed by atoms with Crippen LogP contribution in [0.2, 0.25) is 0 Å². The number of rotatable bonds is 5. The van der Waals surface area contributed by atoms with Crippen LogP contribution in [0.25, 0.3) is 65.8 Å². The molecule has 2 aromatic heterocycles. The van der Waals surface area contributed by atoms with E-state index in [-0.39, 0.29) is 0 Å². The highest BCUT2D eigenvalue weighted by atomic mass is 32.1. The van der Waals surface area contributed by atoms with Crippen LogP contribution in [0.4, 0.5) is 0 Å². The smallest absolute Gasteiger partial charge is 0.161 e. The summed E-state index contributed by atoms with van der Waals surface area (Å²) in [6.45, 7) is 0. The van der Waals surface area contributed by atoms with Crippen molar-refractivity contribution in [1.29, 1.82) is 0 Å². The fourth-order valence-corrected chi connectivity index (χ4v) is 5.86. The lowest BCUT2D eigenvalue weighted by atomic mass is 9.97. The van der Waals surface area contributed by atoms with Crippen molar-refractivity contribution in [1.82, 2.24) is 15.0 Å². The summed E-state index contributed by atoms with van der Waals surface area (Å²) in [7, 11) is 0. The number of para-hydroxylation sites is 1. The second-order valence-corrected chi connectivity index (χ2v) is 10.3. The van der Waals surface area contributed by atoms with Crippen LogP contribution in [0.1, 0.15) is 0 Å². The van der Waals surface area contributed by atoms with Crippen molar-refractivity contribution < 1.29 is 0 Å². The third kappa shape index (κ3) is 4.52. The van der Waals surface area contributed by atoms with Gasteiger partial charge in [0.15, 0.2) is 5.82 Å². The average molecular weight is 518 g/mol. The molecule has 0 spiro atoms. The van der Waals surface area contributed by atoms with Crippen LogP contribution in [0, 0.1) is 0 Å². The Labute approximate surface area is 231 Å². The lowest BCUT2D eigenvalue weighted by Gasteiger charge is -2.13. The third-order valence-electron chi connectivity index (χ3n) is 6.76. The molecule has 0 radical (unpaired) electrons. The zero-order valence-electron chi connectivity index (χ0n) is 21.0. The van der Waals surface area contributed by atoms with Gasteiger partial charge in [-0.3, -0.25) is 0 Å². The van der Waals surface area contributed by atoms with Crippen LogP contribution in [0.15, 0.2) is 140 Å². The Morgan fingerprint density at radius 1 is 0.410 bits per heavy atom. The van der Waals surface area contributed by atoms with Crippen LogP contribution in [0.5, 0.6) is 0 Å². The normalized spacial score (nSPS) is 11.1. The van der Waals surface area contributed by atoms with Crippen LogP contribution >= 0.6 is 11.3 Å². The van der Waals surface area contributed by atoms with Crippen molar-refractivity contribution in [3.8, 4) is 55.6 Å². The van der Waals surface area contributed by atoms with E-state index in [0.29, 0.717) is 5.82 Å². The first-order chi connectivity index (χ1) is 19.3. The van der Waals surface area contributed by atoms with Gasteiger partial charge in [0, 0.05) is 27.8 Å². The fourth-order valence-electron chi connectivity index (χ4n) is 4.86. The zero-order chi connectivity index (χ0) is 26.0. The largest absolute Gasteiger partial charge is 0.235 e. The Balaban J connectivity index is 1.43. The van der Waals surface area contributed by atoms with Crippen LogP contribution in [-0.4, -0.2) is 15.0 Å². The van der Waals surface area contributed by atoms with Gasteiger partial charge in [-0.1, -0.05) is 127 Å². The summed E-state index contributed by atoms with van der Waals surface area (Å²) in [5, 5.41) is 1.02. The first kappa shape index (κ1) is 23.2. The Kier molecular flexibility index (Phi) is 6.00. The minimum Gasteiger partial charge on any atom is -0.235 e. The number of benzene rings is 5. The van der Waals surface area contributed by atoms with E-state index in [0.717, 1.165) is 60.0 Å². The highest BCUT2D eigenvalue weighted by molar-refractivity contribution is 7.21. The number of hydrogen-bond acceptors (Lipinski definition) is 4. The maximum absolute atomic E-state index is 5.10. The summed E-state index contributed by atoms with van der Waals surface area (Å²) in [5.74, 6) is 0.696. The quantitative estimate of drug-likeness (QED) is 0.228. The Hall–Kier alpha value is -4.93. The van der Waals surface area contributed by atoms with Crippen molar-refractivity contribution in [2.45, 2.75) is 0 Å². The summed E-state index contributed by atoms with van der Waals surface area (Å²) < 4.78 is 1.16. The van der Waals surface area contributed by atoms with Gasteiger partial charge in [0.25, 0.3) is 0 Å². The highest BCUT2D eigenvalue weighted by Crippen LogP contribution is 2.39. The molecule has 7 rings (SSSR count). The summed E-state index contributed by atoms with van der Waals surface area (Å²) >= 11 is 1.72. The molecule has 0 N–H and O–H groups in total. The molecule has 0 fully saturated rings. The summed E-state index contributed by atoms with van der Waals surface area (Å²) in [4.78, 5) is 15.3. The Morgan fingerprint density at radius 3 is 1.54 bits per heavy atom. The molecule has 0 aliphatic heterocycles. The molecule has 4 heteroatoms. The minimum atomic E-state index is 0.696. The number of nitrogens with zero attached hydrogens (tertiary/aromatic N) is 3. The molecule has 0 saturated carbocycles. The van der Waals surface area contributed by atoms with Gasteiger partial charge in [0.05, 0.1) is 21.6 Å². The highest BCUT2D eigenvalue weighted by Gasteiger charge is 2.17. The van der Waals surface area contributed by atoms with Crippen molar-refractivity contribution in [2.75, 3.05) is 0 Å². The molecule has 0 aliphatic rings. The van der Waals surface area contributed by atoms with Crippen molar-refractivity contribution in [3.05, 3.63) is 140 Å². The molecule has 5 aromatic carbocycles. The maximum atomic E-state index is 5.10. The van der Waals surface area contributed by atoms with E-state index in [1.165, 1.54) is 0 Å². The van der Waals surface area contributed by atoms with Crippen molar-refractivity contribution in [2.24, 2.45) is 0 Å². The molecule has 0 atom stereocenters. The molecule has 3 nitrogen and oxygen atoms in total. The second-order valence-electron chi connectivity index (χ2n) is 9.28. The summed E-state index contributed by atoms with van der Waals surface area (Å²) in [6, 6.07) is 47.8. The molecular weight excluding hydrogens is 494 g/mol. The Bertz CT molecular complexity index is 1840. The number of hydrogen-bond donors (Lipinski definition) is 0. The molecule has 0 bridgehead atoms. The third-order valence-corrected chi connectivity index (χ3v) is 7.83. The van der Waals surface area contributed by atoms with E-state index < -0.39 is 0 Å². The van der Waals surface area contributed by atoms with E-state index in [1.807, 2.05) is 42.5 Å². The molecule has 0 amide bonds. The zero-order valence-corrected chi connectivity index (χ0v) is 21.8. The lowest BCUT2D eigenvalue weighted by molar-refractivity contribution is 1.18. The predicted octanol–water partition coefficient (Wildman–Crippen LogP) is 9.42. The molecule has 2 heterocycles. The lowest BCUT2D eigenvalue weighted by Crippen LogP contribution is -1.97. The van der Waals surface area contributed by atoms with Gasteiger partial charge in [0.1, 0.15) is 5.01 Å². The van der Waals surface area contributed by atoms with Crippen LogP contribution in [0.3, 0.4) is 0 Å². The first-order valence-electron chi connectivity index (χ1n) is 12.9. The van der Waals surface area contributed by atoms with Gasteiger partial charge < -0.3 is 0 Å². The van der Waals surface area contributed by atoms with E-state index >= 15 is 0 Å². The Morgan fingerprint density at radius 2 is 0.923 bits per heavy atom. The average Bonchev–Trinajstić information content (AvgIpc) is 3.47. The minimum absolute atomic E-state index is 0.696. The van der Waals surface area contributed by atoms with Gasteiger partial charge in [-0.25, -0.2) is 15.0 Å². The SMILES string of the molecule is c1ccc(-c2cc(-c3ccccc3)nc(-c3ccccc3-c3cccc4sc(-c5ccccc5)nc34)n2)cc1. The van der Waals surface area contributed by atoms with E-state index in [9.17, 15) is 0 Å². The van der Waals surface area contributed by atoms with Crippen molar-refractivity contribution in [3.63, 3.8) is 0 Å². The van der Waals surface area contributed by atoms with Crippen molar-refractivity contribution >= 4 is 21.6 Å². The number of thiazole rings is 1. The predicted molar refractivity (Wildman–Crippen MR) is 162 cm³/mol. The molecule has 184 valence electrons. The van der Waals surface area contributed by atoms with E-state index in [4.69, 9.17) is 15.0 Å². The maximum Gasteiger partial charge on any atom is 0.161 e. The van der Waals surface area contributed by atoms with Gasteiger partial charge >= 0.3 is 0 Å². The van der Waals surface area contributed by atoms with Crippen LogP contribution < -0.4 is 0 Å². The van der Waals surface area contributed by atoms with E-state index in [1.54, 1.807) is 11.3 Å². The molecular formula is C35H23N3S. The fraction of sp³-hybridized carbons (Fsp3) is 0. The molecule has 0 unspecified atom stereocenters. The monoisotopic (exact) mass is 517 g/mol. The van der Waals surface area contributed by atoms with Gasteiger partial charge in [-0.2, -0.15) is 0 Å². The first-order valence-corrected chi connectivity index (χ1v) is 13.7. The number of aromatic nitrogens is 3. The van der Waals surface area contributed by atoms with Gasteiger partial charge in [-0.15, -0.1) is 11.3 Å². The topological polar surface area (TPSA) is 38.7 Å². The summed E-state index contributed by atoms with van der Waals surface area (Å²) in [6.07, 6.45) is 0. The molecule has 7 aromatic rings. The molecule has 0 aliphatic carbocycles. The van der Waals surface area contributed by atoms with Gasteiger partial charge in [-0.05, 0) is 17.7 Å². The van der Waals surface area contributed by atoms with Gasteiger partial charge in [0.2, 0.25) is 0 Å². The van der Waals surface area contributed by atoms with E-state index in [2.05, 4.69) is 97.1 Å². The molecule has 39 heavy (non-hydrogen) atoms. The molecule has 0 saturated heterocycles.